The third-order valence-electron chi connectivity index (χ3n) is 3.85. The lowest BCUT2D eigenvalue weighted by molar-refractivity contribution is 0.409. The predicted octanol–water partition coefficient (Wildman–Crippen LogP) is 2.21. The molecule has 0 aliphatic heterocycles. The molecule has 8 heteroatoms. The molecule has 7 nitrogen and oxygen atoms in total. The SMILES string of the molecule is C=CCNC(=NCc1nnc(C)n1C)NCCc1ccccc1OC.I. The van der Waals surface area contributed by atoms with Gasteiger partial charge < -0.3 is 19.9 Å². The molecule has 1 aromatic heterocycles. The molecule has 0 aliphatic carbocycles. The van der Waals surface area contributed by atoms with Crippen molar-refractivity contribution in [3.63, 3.8) is 0 Å². The normalized spacial score (nSPS) is 10.8. The number of aromatic nitrogens is 3. The standard InChI is InChI=1S/C18H26N6O.HI/c1-5-11-19-18(21-13-17-23-22-14(2)24(17)3)20-12-10-15-8-6-7-9-16(15)25-4;/h5-9H,1,10-13H2,2-4H3,(H2,19,20,21);1H. The Hall–Kier alpha value is -2.10. The van der Waals surface area contributed by atoms with E-state index in [0.717, 1.165) is 41.9 Å². The fraction of sp³-hybridized carbons (Fsp3) is 0.389. The summed E-state index contributed by atoms with van der Waals surface area (Å²) in [5.41, 5.74) is 1.16. The van der Waals surface area contributed by atoms with Crippen LogP contribution in [0.4, 0.5) is 0 Å². The number of rotatable bonds is 8. The van der Waals surface area contributed by atoms with E-state index in [-0.39, 0.29) is 24.0 Å². The quantitative estimate of drug-likeness (QED) is 0.268. The summed E-state index contributed by atoms with van der Waals surface area (Å²) in [5.74, 6) is 3.31. The summed E-state index contributed by atoms with van der Waals surface area (Å²) < 4.78 is 7.32. The summed E-state index contributed by atoms with van der Waals surface area (Å²) in [7, 11) is 3.62. The van der Waals surface area contributed by atoms with E-state index in [0.29, 0.717) is 13.1 Å². The lowest BCUT2D eigenvalue weighted by Gasteiger charge is -2.12. The maximum atomic E-state index is 5.38. The number of nitrogens with zero attached hydrogens (tertiary/aromatic N) is 4. The smallest absolute Gasteiger partial charge is 0.191 e. The Morgan fingerprint density at radius 3 is 2.73 bits per heavy atom. The molecule has 0 bridgehead atoms. The van der Waals surface area contributed by atoms with Crippen LogP contribution in [-0.4, -0.2) is 40.9 Å². The second-order valence-electron chi connectivity index (χ2n) is 5.55. The van der Waals surface area contributed by atoms with Gasteiger partial charge in [-0.3, -0.25) is 0 Å². The van der Waals surface area contributed by atoms with Gasteiger partial charge >= 0.3 is 0 Å². The third kappa shape index (κ3) is 6.32. The van der Waals surface area contributed by atoms with Crippen LogP contribution in [0.1, 0.15) is 17.2 Å². The van der Waals surface area contributed by atoms with E-state index < -0.39 is 0 Å². The number of hydrogen-bond acceptors (Lipinski definition) is 4. The molecule has 1 heterocycles. The molecular weight excluding hydrogens is 443 g/mol. The molecule has 0 fully saturated rings. The molecule has 0 atom stereocenters. The minimum atomic E-state index is 0. The van der Waals surface area contributed by atoms with E-state index in [1.807, 2.05) is 36.7 Å². The van der Waals surface area contributed by atoms with Crippen molar-refractivity contribution in [2.45, 2.75) is 19.9 Å². The van der Waals surface area contributed by atoms with Crippen molar-refractivity contribution >= 4 is 29.9 Å². The summed E-state index contributed by atoms with van der Waals surface area (Å²) in [6.07, 6.45) is 2.63. The predicted molar refractivity (Wildman–Crippen MR) is 115 cm³/mol. The number of aryl methyl sites for hydroxylation is 1. The Morgan fingerprint density at radius 2 is 2.08 bits per heavy atom. The van der Waals surface area contributed by atoms with Crippen molar-refractivity contribution in [1.29, 1.82) is 0 Å². The highest BCUT2D eigenvalue weighted by molar-refractivity contribution is 14.0. The topological polar surface area (TPSA) is 76.4 Å². The molecule has 0 saturated carbocycles. The van der Waals surface area contributed by atoms with Gasteiger partial charge in [0.25, 0.3) is 0 Å². The molecule has 2 aromatic rings. The van der Waals surface area contributed by atoms with Crippen LogP contribution in [0.25, 0.3) is 0 Å². The largest absolute Gasteiger partial charge is 0.496 e. The van der Waals surface area contributed by atoms with Crippen LogP contribution in [0.2, 0.25) is 0 Å². The molecule has 142 valence electrons. The van der Waals surface area contributed by atoms with E-state index in [4.69, 9.17) is 4.74 Å². The van der Waals surface area contributed by atoms with Gasteiger partial charge in [-0.25, -0.2) is 4.99 Å². The lowest BCUT2D eigenvalue weighted by Crippen LogP contribution is -2.38. The zero-order valence-corrected chi connectivity index (χ0v) is 17.9. The second-order valence-corrected chi connectivity index (χ2v) is 5.55. The molecular formula is C18H27IN6O. The van der Waals surface area contributed by atoms with Crippen LogP contribution in [0.3, 0.4) is 0 Å². The van der Waals surface area contributed by atoms with Gasteiger partial charge in [0.2, 0.25) is 0 Å². The van der Waals surface area contributed by atoms with Crippen LogP contribution in [0.5, 0.6) is 5.75 Å². The van der Waals surface area contributed by atoms with Gasteiger partial charge in [0.1, 0.15) is 18.1 Å². The Kier molecular flexibility index (Phi) is 9.71. The minimum absolute atomic E-state index is 0. The molecule has 2 rings (SSSR count). The number of ether oxygens (including phenoxy) is 1. The van der Waals surface area contributed by atoms with Gasteiger partial charge in [-0.05, 0) is 25.0 Å². The fourth-order valence-electron chi connectivity index (χ4n) is 2.31. The summed E-state index contributed by atoms with van der Waals surface area (Å²) in [4.78, 5) is 4.57. The molecule has 0 saturated heterocycles. The van der Waals surface area contributed by atoms with Crippen molar-refractivity contribution in [3.05, 3.63) is 54.1 Å². The highest BCUT2D eigenvalue weighted by Gasteiger charge is 2.06. The molecule has 0 unspecified atom stereocenters. The summed E-state index contributed by atoms with van der Waals surface area (Å²) in [6, 6.07) is 8.02. The first-order valence-electron chi connectivity index (χ1n) is 8.25. The number of nitrogens with one attached hydrogen (secondary N) is 2. The van der Waals surface area contributed by atoms with Crippen LogP contribution in [0, 0.1) is 6.92 Å². The number of guanidine groups is 1. The van der Waals surface area contributed by atoms with Gasteiger partial charge in [0, 0.05) is 20.1 Å². The Morgan fingerprint density at radius 1 is 1.31 bits per heavy atom. The Labute approximate surface area is 172 Å². The lowest BCUT2D eigenvalue weighted by atomic mass is 10.1. The maximum absolute atomic E-state index is 5.38. The van der Waals surface area contributed by atoms with Crippen LogP contribution in [-0.2, 0) is 20.0 Å². The van der Waals surface area contributed by atoms with Crippen molar-refractivity contribution in [3.8, 4) is 5.75 Å². The highest BCUT2D eigenvalue weighted by atomic mass is 127. The molecule has 0 radical (unpaired) electrons. The van der Waals surface area contributed by atoms with Gasteiger partial charge in [0.15, 0.2) is 11.8 Å². The number of para-hydroxylation sites is 1. The number of aliphatic imine (C=N–C) groups is 1. The zero-order chi connectivity index (χ0) is 18.1. The maximum Gasteiger partial charge on any atom is 0.191 e. The molecule has 2 N–H and O–H groups in total. The monoisotopic (exact) mass is 470 g/mol. The zero-order valence-electron chi connectivity index (χ0n) is 15.5. The molecule has 0 amide bonds. The summed E-state index contributed by atoms with van der Waals surface area (Å²) in [5, 5.41) is 14.7. The average Bonchev–Trinajstić information content (AvgIpc) is 2.95. The third-order valence-corrected chi connectivity index (χ3v) is 3.85. The highest BCUT2D eigenvalue weighted by Crippen LogP contribution is 2.17. The minimum Gasteiger partial charge on any atom is -0.496 e. The number of benzene rings is 1. The second kappa shape index (κ2) is 11.5. The van der Waals surface area contributed by atoms with E-state index in [1.165, 1.54) is 0 Å². The van der Waals surface area contributed by atoms with Gasteiger partial charge in [-0.1, -0.05) is 24.3 Å². The van der Waals surface area contributed by atoms with Gasteiger partial charge in [-0.15, -0.1) is 40.8 Å². The average molecular weight is 470 g/mol. The number of halogens is 1. The summed E-state index contributed by atoms with van der Waals surface area (Å²) in [6.45, 7) is 7.48. The van der Waals surface area contributed by atoms with E-state index >= 15 is 0 Å². The molecule has 1 aromatic carbocycles. The van der Waals surface area contributed by atoms with Crippen molar-refractivity contribution in [1.82, 2.24) is 25.4 Å². The fourth-order valence-corrected chi connectivity index (χ4v) is 2.31. The first-order chi connectivity index (χ1) is 12.2. The van der Waals surface area contributed by atoms with Gasteiger partial charge in [0.05, 0.1) is 7.11 Å². The van der Waals surface area contributed by atoms with Gasteiger partial charge in [-0.2, -0.15) is 0 Å². The number of methoxy groups -OCH3 is 1. The van der Waals surface area contributed by atoms with E-state index in [9.17, 15) is 0 Å². The Balaban J connectivity index is 0.00000338. The Bertz CT molecular complexity index is 728. The van der Waals surface area contributed by atoms with E-state index in [2.05, 4.69) is 38.5 Å². The molecule has 26 heavy (non-hydrogen) atoms. The molecule has 0 spiro atoms. The van der Waals surface area contributed by atoms with Crippen molar-refractivity contribution in [2.75, 3.05) is 20.2 Å². The number of hydrogen-bond donors (Lipinski definition) is 2. The first-order valence-corrected chi connectivity index (χ1v) is 8.25. The van der Waals surface area contributed by atoms with E-state index in [1.54, 1.807) is 13.2 Å². The van der Waals surface area contributed by atoms with Crippen molar-refractivity contribution in [2.24, 2.45) is 12.0 Å². The van der Waals surface area contributed by atoms with Crippen molar-refractivity contribution < 1.29 is 4.74 Å². The van der Waals surface area contributed by atoms with Crippen LogP contribution >= 0.6 is 24.0 Å². The summed E-state index contributed by atoms with van der Waals surface area (Å²) >= 11 is 0. The van der Waals surface area contributed by atoms with Crippen LogP contribution in [0.15, 0.2) is 41.9 Å². The first kappa shape index (κ1) is 21.9. The molecule has 0 aliphatic rings. The van der Waals surface area contributed by atoms with Crippen LogP contribution < -0.4 is 15.4 Å².